The predicted octanol–water partition coefficient (Wildman–Crippen LogP) is 3.27. The van der Waals surface area contributed by atoms with Crippen LogP contribution in [0.4, 0.5) is 5.69 Å². The van der Waals surface area contributed by atoms with Gasteiger partial charge in [-0.05, 0) is 55.2 Å². The Bertz CT molecular complexity index is 1270. The summed E-state index contributed by atoms with van der Waals surface area (Å²) in [7, 11) is 0. The number of carbonyl (C=O) groups is 1. The molecule has 0 radical (unpaired) electrons. The van der Waals surface area contributed by atoms with Crippen molar-refractivity contribution >= 4 is 22.8 Å². The second-order valence-electron chi connectivity index (χ2n) is 7.54. The molecule has 0 aliphatic heterocycles. The molecule has 31 heavy (non-hydrogen) atoms. The summed E-state index contributed by atoms with van der Waals surface area (Å²) in [4.78, 5) is 29.6. The van der Waals surface area contributed by atoms with Gasteiger partial charge in [0.05, 0.1) is 5.69 Å². The maximum absolute atomic E-state index is 12.8. The van der Waals surface area contributed by atoms with E-state index in [-0.39, 0.29) is 18.0 Å². The number of anilines is 1. The average molecular weight is 416 g/mol. The highest BCUT2D eigenvalue weighted by Gasteiger charge is 2.15. The van der Waals surface area contributed by atoms with Crippen molar-refractivity contribution < 1.29 is 4.79 Å². The van der Waals surface area contributed by atoms with E-state index in [1.54, 1.807) is 0 Å². The molecule has 4 rings (SSSR count). The fourth-order valence-corrected chi connectivity index (χ4v) is 3.38. The van der Waals surface area contributed by atoms with E-state index in [9.17, 15) is 9.59 Å². The first-order valence-corrected chi connectivity index (χ1v) is 10.3. The highest BCUT2D eigenvalue weighted by Crippen LogP contribution is 2.14. The van der Waals surface area contributed by atoms with Crippen molar-refractivity contribution in [3.63, 3.8) is 0 Å². The molecule has 2 aromatic heterocycles. The zero-order valence-corrected chi connectivity index (χ0v) is 17.6. The molecular weight excluding hydrogens is 392 g/mol. The van der Waals surface area contributed by atoms with Crippen molar-refractivity contribution in [2.75, 3.05) is 5.32 Å². The van der Waals surface area contributed by atoms with Crippen molar-refractivity contribution in [2.24, 2.45) is 0 Å². The van der Waals surface area contributed by atoms with Crippen LogP contribution in [0.1, 0.15) is 30.9 Å². The van der Waals surface area contributed by atoms with Crippen molar-refractivity contribution in [1.82, 2.24) is 24.5 Å². The Morgan fingerprint density at radius 2 is 1.94 bits per heavy atom. The van der Waals surface area contributed by atoms with Gasteiger partial charge in [0.1, 0.15) is 12.9 Å². The molecule has 8 heteroatoms. The van der Waals surface area contributed by atoms with Gasteiger partial charge in [0.25, 0.3) is 5.56 Å². The molecular formula is C23H24N6O2. The molecule has 4 aromatic rings. The number of fused-ring (bicyclic) bond motifs is 1. The summed E-state index contributed by atoms with van der Waals surface area (Å²) in [5.74, 6) is -0.310. The predicted molar refractivity (Wildman–Crippen MR) is 119 cm³/mol. The first kappa shape index (κ1) is 20.5. The van der Waals surface area contributed by atoms with Crippen LogP contribution in [-0.4, -0.2) is 30.5 Å². The van der Waals surface area contributed by atoms with Gasteiger partial charge in [0, 0.05) is 5.69 Å². The summed E-state index contributed by atoms with van der Waals surface area (Å²) in [5, 5.41) is 10.9. The SMILES string of the molecule is CCCCc1ccc(NC(=O)Cn2cnc3c(nnn3-c3cccc(C)c3)c2=O)cc1. The standard InChI is InChI=1S/C23H24N6O2/c1-3-4-7-17-9-11-18(12-10-17)25-20(30)14-28-15-24-22-21(23(28)31)26-27-29(22)19-8-5-6-16(2)13-19/h5-6,8-13,15H,3-4,7,14H2,1-2H3,(H,25,30). The van der Waals surface area contributed by atoms with E-state index in [1.165, 1.54) is 21.1 Å². The highest BCUT2D eigenvalue weighted by molar-refractivity contribution is 5.90. The van der Waals surface area contributed by atoms with Crippen LogP contribution in [0.5, 0.6) is 0 Å². The third-order valence-corrected chi connectivity index (χ3v) is 5.05. The van der Waals surface area contributed by atoms with E-state index in [0.717, 1.165) is 30.5 Å². The number of aryl methyl sites for hydroxylation is 2. The lowest BCUT2D eigenvalue weighted by Gasteiger charge is -2.08. The average Bonchev–Trinajstić information content (AvgIpc) is 3.20. The summed E-state index contributed by atoms with van der Waals surface area (Å²) in [5.41, 5.74) is 3.83. The van der Waals surface area contributed by atoms with Gasteiger partial charge in [-0.25, -0.2) is 4.98 Å². The van der Waals surface area contributed by atoms with Crippen LogP contribution in [0.2, 0.25) is 0 Å². The Labute approximate surface area is 179 Å². The number of hydrogen-bond acceptors (Lipinski definition) is 5. The lowest BCUT2D eigenvalue weighted by molar-refractivity contribution is -0.116. The van der Waals surface area contributed by atoms with Gasteiger partial charge in [-0.3, -0.25) is 14.2 Å². The second-order valence-corrected chi connectivity index (χ2v) is 7.54. The number of aromatic nitrogens is 5. The molecule has 0 fully saturated rings. The van der Waals surface area contributed by atoms with Crippen molar-refractivity contribution in [2.45, 2.75) is 39.7 Å². The largest absolute Gasteiger partial charge is 0.325 e. The molecule has 1 amide bonds. The highest BCUT2D eigenvalue weighted by atomic mass is 16.2. The van der Waals surface area contributed by atoms with Crippen LogP contribution < -0.4 is 10.9 Å². The zero-order chi connectivity index (χ0) is 21.8. The normalized spacial score (nSPS) is 11.0. The van der Waals surface area contributed by atoms with Gasteiger partial charge >= 0.3 is 0 Å². The number of nitrogens with zero attached hydrogens (tertiary/aromatic N) is 5. The maximum Gasteiger partial charge on any atom is 0.284 e. The molecule has 0 unspecified atom stereocenters. The molecule has 0 bridgehead atoms. The maximum atomic E-state index is 12.8. The fraction of sp³-hybridized carbons (Fsp3) is 0.261. The Kier molecular flexibility index (Phi) is 5.88. The number of amides is 1. The van der Waals surface area contributed by atoms with E-state index >= 15 is 0 Å². The molecule has 0 saturated heterocycles. The molecule has 0 aliphatic rings. The van der Waals surface area contributed by atoms with E-state index in [0.29, 0.717) is 11.3 Å². The Balaban J connectivity index is 1.50. The minimum atomic E-state index is -0.408. The van der Waals surface area contributed by atoms with Crippen LogP contribution in [0.15, 0.2) is 59.7 Å². The molecule has 0 atom stereocenters. The quantitative estimate of drug-likeness (QED) is 0.499. The first-order valence-electron chi connectivity index (χ1n) is 10.3. The van der Waals surface area contributed by atoms with Gasteiger partial charge < -0.3 is 5.32 Å². The van der Waals surface area contributed by atoms with Crippen LogP contribution in [0, 0.1) is 6.92 Å². The Morgan fingerprint density at radius 3 is 2.68 bits per heavy atom. The summed E-state index contributed by atoms with van der Waals surface area (Å²) in [6.07, 6.45) is 4.66. The molecule has 2 aromatic carbocycles. The van der Waals surface area contributed by atoms with Crippen molar-refractivity contribution in [3.8, 4) is 5.69 Å². The molecule has 0 aliphatic carbocycles. The Morgan fingerprint density at radius 1 is 1.13 bits per heavy atom. The molecule has 1 N–H and O–H groups in total. The van der Waals surface area contributed by atoms with Gasteiger partial charge in [-0.1, -0.05) is 42.8 Å². The smallest absolute Gasteiger partial charge is 0.284 e. The number of hydrogen-bond donors (Lipinski definition) is 1. The zero-order valence-electron chi connectivity index (χ0n) is 17.6. The Hall–Kier alpha value is -3.81. The first-order chi connectivity index (χ1) is 15.0. The minimum Gasteiger partial charge on any atom is -0.325 e. The van der Waals surface area contributed by atoms with Crippen LogP contribution in [-0.2, 0) is 17.8 Å². The van der Waals surface area contributed by atoms with E-state index < -0.39 is 5.56 Å². The second kappa shape index (κ2) is 8.91. The third kappa shape index (κ3) is 4.53. The van der Waals surface area contributed by atoms with Gasteiger partial charge in [0.2, 0.25) is 5.91 Å². The number of benzene rings is 2. The van der Waals surface area contributed by atoms with Crippen LogP contribution >= 0.6 is 0 Å². The van der Waals surface area contributed by atoms with Crippen molar-refractivity contribution in [1.29, 1.82) is 0 Å². The van der Waals surface area contributed by atoms with E-state index in [1.807, 2.05) is 55.5 Å². The molecule has 0 spiro atoms. The lowest BCUT2D eigenvalue weighted by Crippen LogP contribution is -2.28. The summed E-state index contributed by atoms with van der Waals surface area (Å²) >= 11 is 0. The van der Waals surface area contributed by atoms with Crippen LogP contribution in [0.25, 0.3) is 16.9 Å². The van der Waals surface area contributed by atoms with E-state index in [2.05, 4.69) is 27.5 Å². The third-order valence-electron chi connectivity index (χ3n) is 5.05. The number of carbonyl (C=O) groups excluding carboxylic acids is 1. The molecule has 158 valence electrons. The van der Waals surface area contributed by atoms with Gasteiger partial charge in [0.15, 0.2) is 11.2 Å². The van der Waals surface area contributed by atoms with E-state index in [4.69, 9.17) is 0 Å². The number of nitrogens with one attached hydrogen (secondary N) is 1. The van der Waals surface area contributed by atoms with Crippen LogP contribution in [0.3, 0.4) is 0 Å². The fourth-order valence-electron chi connectivity index (χ4n) is 3.38. The lowest BCUT2D eigenvalue weighted by atomic mass is 10.1. The minimum absolute atomic E-state index is 0.122. The van der Waals surface area contributed by atoms with Gasteiger partial charge in [-0.2, -0.15) is 4.68 Å². The number of rotatable bonds is 7. The van der Waals surface area contributed by atoms with Crippen molar-refractivity contribution in [3.05, 3.63) is 76.3 Å². The molecule has 2 heterocycles. The summed E-state index contributed by atoms with van der Waals surface area (Å²) < 4.78 is 2.76. The topological polar surface area (TPSA) is 94.7 Å². The summed E-state index contributed by atoms with van der Waals surface area (Å²) in [6, 6.07) is 15.4. The molecule has 8 nitrogen and oxygen atoms in total. The number of unbranched alkanes of at least 4 members (excludes halogenated alkanes) is 1. The molecule has 0 saturated carbocycles. The monoisotopic (exact) mass is 416 g/mol. The van der Waals surface area contributed by atoms with Gasteiger partial charge in [-0.15, -0.1) is 5.10 Å². The summed E-state index contributed by atoms with van der Waals surface area (Å²) in [6.45, 7) is 3.98.